The number of hydrogen-bond donors (Lipinski definition) is 1. The molecule has 0 unspecified atom stereocenters. The number of hydrogen-bond acceptors (Lipinski definition) is 3. The van der Waals surface area contributed by atoms with E-state index in [1.807, 2.05) is 0 Å². The number of benzene rings is 1. The van der Waals surface area contributed by atoms with Crippen LogP contribution in [0, 0.1) is 16.0 Å². The highest BCUT2D eigenvalue weighted by Crippen LogP contribution is 2.39. The van der Waals surface area contributed by atoms with Gasteiger partial charge in [-0.25, -0.2) is 0 Å². The third-order valence-corrected chi connectivity index (χ3v) is 3.94. The van der Waals surface area contributed by atoms with Gasteiger partial charge in [0.15, 0.2) is 0 Å². The zero-order valence-electron chi connectivity index (χ0n) is 11.0. The number of nitro groups is 1. The molecule has 0 spiro atoms. The van der Waals surface area contributed by atoms with Crippen molar-refractivity contribution in [1.29, 1.82) is 0 Å². The van der Waals surface area contributed by atoms with Crippen molar-refractivity contribution in [3.05, 3.63) is 33.3 Å². The van der Waals surface area contributed by atoms with E-state index in [9.17, 15) is 23.3 Å². The first kappa shape index (κ1) is 15.9. The van der Waals surface area contributed by atoms with E-state index in [0.717, 1.165) is 0 Å². The zero-order chi connectivity index (χ0) is 15.6. The molecule has 2 rings (SSSR count). The van der Waals surface area contributed by atoms with Gasteiger partial charge in [-0.15, -0.1) is 0 Å². The van der Waals surface area contributed by atoms with Gasteiger partial charge in [-0.05, 0) is 37.8 Å². The minimum absolute atomic E-state index is 0.0372. The number of alkyl halides is 3. The van der Waals surface area contributed by atoms with Crippen LogP contribution in [0.4, 0.5) is 24.5 Å². The lowest BCUT2D eigenvalue weighted by atomic mass is 9.85. The molecular weight excluding hydrogens is 309 g/mol. The Hall–Kier alpha value is -1.50. The van der Waals surface area contributed by atoms with Gasteiger partial charge in [0.25, 0.3) is 5.69 Å². The van der Waals surface area contributed by atoms with Gasteiger partial charge in [0.1, 0.15) is 5.69 Å². The molecule has 8 heteroatoms. The summed E-state index contributed by atoms with van der Waals surface area (Å²) in [7, 11) is 0. The Bertz CT molecular complexity index is 529. The van der Waals surface area contributed by atoms with E-state index in [2.05, 4.69) is 5.32 Å². The third kappa shape index (κ3) is 4.00. The SMILES string of the molecule is O=[N+]([O-])c1ccc(Cl)cc1NC1CCC(C(F)(F)F)CC1. The molecule has 0 amide bonds. The van der Waals surface area contributed by atoms with Gasteiger partial charge in [0.05, 0.1) is 10.8 Å². The van der Waals surface area contributed by atoms with E-state index in [1.54, 1.807) is 0 Å². The second-order valence-corrected chi connectivity index (χ2v) is 5.59. The molecule has 0 aromatic heterocycles. The summed E-state index contributed by atoms with van der Waals surface area (Å²) in [6.45, 7) is 0. The molecule has 1 aliphatic carbocycles. The lowest BCUT2D eigenvalue weighted by Crippen LogP contribution is -2.32. The molecular formula is C13H14ClF3N2O2. The van der Waals surface area contributed by atoms with Gasteiger partial charge in [-0.3, -0.25) is 10.1 Å². The predicted octanol–water partition coefficient (Wildman–Crippen LogP) is 4.78. The summed E-state index contributed by atoms with van der Waals surface area (Å²) in [4.78, 5) is 10.4. The van der Waals surface area contributed by atoms with E-state index in [4.69, 9.17) is 11.6 Å². The van der Waals surface area contributed by atoms with Gasteiger partial charge in [-0.2, -0.15) is 13.2 Å². The number of nitro benzene ring substituents is 1. The fourth-order valence-electron chi connectivity index (χ4n) is 2.57. The first-order valence-corrected chi connectivity index (χ1v) is 6.92. The van der Waals surface area contributed by atoms with Crippen LogP contribution in [0.5, 0.6) is 0 Å². The van der Waals surface area contributed by atoms with Gasteiger partial charge in [0, 0.05) is 17.1 Å². The largest absolute Gasteiger partial charge is 0.391 e. The molecule has 0 radical (unpaired) electrons. The summed E-state index contributed by atoms with van der Waals surface area (Å²) in [6.07, 6.45) is -3.43. The van der Waals surface area contributed by atoms with E-state index in [1.165, 1.54) is 18.2 Å². The van der Waals surface area contributed by atoms with Crippen molar-refractivity contribution < 1.29 is 18.1 Å². The van der Waals surface area contributed by atoms with Gasteiger partial charge < -0.3 is 5.32 Å². The minimum atomic E-state index is -4.16. The Morgan fingerprint density at radius 2 is 1.86 bits per heavy atom. The Morgan fingerprint density at radius 3 is 2.38 bits per heavy atom. The maximum absolute atomic E-state index is 12.6. The summed E-state index contributed by atoms with van der Waals surface area (Å²) < 4.78 is 37.8. The van der Waals surface area contributed by atoms with Crippen molar-refractivity contribution in [2.45, 2.75) is 37.9 Å². The average molecular weight is 323 g/mol. The second kappa shape index (κ2) is 6.09. The van der Waals surface area contributed by atoms with E-state index in [-0.39, 0.29) is 30.3 Å². The molecule has 4 nitrogen and oxygen atoms in total. The lowest BCUT2D eigenvalue weighted by molar-refractivity contribution is -0.384. The van der Waals surface area contributed by atoms with Crippen LogP contribution in [-0.2, 0) is 0 Å². The molecule has 116 valence electrons. The molecule has 0 heterocycles. The highest BCUT2D eigenvalue weighted by atomic mass is 35.5. The van der Waals surface area contributed by atoms with Crippen LogP contribution in [0.25, 0.3) is 0 Å². The van der Waals surface area contributed by atoms with Crippen LogP contribution < -0.4 is 5.32 Å². The van der Waals surface area contributed by atoms with Gasteiger partial charge >= 0.3 is 6.18 Å². The van der Waals surface area contributed by atoms with Crippen molar-refractivity contribution in [2.75, 3.05) is 5.32 Å². The fourth-order valence-corrected chi connectivity index (χ4v) is 2.74. The Kier molecular flexibility index (Phi) is 4.61. The van der Waals surface area contributed by atoms with Crippen molar-refractivity contribution in [3.63, 3.8) is 0 Å². The van der Waals surface area contributed by atoms with Crippen LogP contribution in [0.3, 0.4) is 0 Å². The summed E-state index contributed by atoms with van der Waals surface area (Å²) in [5, 5.41) is 14.2. The maximum Gasteiger partial charge on any atom is 0.391 e. The summed E-state index contributed by atoms with van der Waals surface area (Å²) in [6, 6.07) is 3.91. The van der Waals surface area contributed by atoms with Crippen molar-refractivity contribution in [3.8, 4) is 0 Å². The standard InChI is InChI=1S/C13H14ClF3N2O2/c14-9-3-6-12(19(20)21)11(7-9)18-10-4-1-8(2-5-10)13(15,16)17/h3,6-8,10,18H,1-2,4-5H2. The zero-order valence-corrected chi connectivity index (χ0v) is 11.7. The van der Waals surface area contributed by atoms with Crippen molar-refractivity contribution >= 4 is 23.0 Å². The highest BCUT2D eigenvalue weighted by molar-refractivity contribution is 6.31. The molecule has 1 fully saturated rings. The molecule has 1 N–H and O–H groups in total. The quantitative estimate of drug-likeness (QED) is 0.643. The molecule has 0 aliphatic heterocycles. The molecule has 1 aliphatic rings. The van der Waals surface area contributed by atoms with Gasteiger partial charge in [-0.1, -0.05) is 11.6 Å². The third-order valence-electron chi connectivity index (χ3n) is 3.71. The molecule has 0 bridgehead atoms. The van der Waals surface area contributed by atoms with Crippen molar-refractivity contribution in [2.24, 2.45) is 5.92 Å². The van der Waals surface area contributed by atoms with Crippen LogP contribution in [0.2, 0.25) is 5.02 Å². The lowest BCUT2D eigenvalue weighted by Gasteiger charge is -2.30. The van der Waals surface area contributed by atoms with Crippen LogP contribution in [0.1, 0.15) is 25.7 Å². The topological polar surface area (TPSA) is 55.2 Å². The Morgan fingerprint density at radius 1 is 1.24 bits per heavy atom. The predicted molar refractivity (Wildman–Crippen MR) is 73.5 cm³/mol. The van der Waals surface area contributed by atoms with E-state index >= 15 is 0 Å². The summed E-state index contributed by atoms with van der Waals surface area (Å²) in [5.74, 6) is -1.27. The molecule has 21 heavy (non-hydrogen) atoms. The van der Waals surface area contributed by atoms with E-state index < -0.39 is 17.0 Å². The number of halogens is 4. The molecule has 0 saturated heterocycles. The fraction of sp³-hybridized carbons (Fsp3) is 0.538. The number of anilines is 1. The normalized spacial score (nSPS) is 22.9. The number of nitrogens with one attached hydrogen (secondary N) is 1. The molecule has 0 atom stereocenters. The maximum atomic E-state index is 12.6. The summed E-state index contributed by atoms with van der Waals surface area (Å²) in [5.41, 5.74) is 0.125. The van der Waals surface area contributed by atoms with Crippen molar-refractivity contribution in [1.82, 2.24) is 0 Å². The van der Waals surface area contributed by atoms with Gasteiger partial charge in [0.2, 0.25) is 0 Å². The van der Waals surface area contributed by atoms with Crippen LogP contribution in [-0.4, -0.2) is 17.1 Å². The number of nitrogens with zero attached hydrogens (tertiary/aromatic N) is 1. The van der Waals surface area contributed by atoms with Crippen LogP contribution in [0.15, 0.2) is 18.2 Å². The molecule has 1 saturated carbocycles. The van der Waals surface area contributed by atoms with E-state index in [0.29, 0.717) is 17.9 Å². The Balaban J connectivity index is 2.04. The monoisotopic (exact) mass is 322 g/mol. The smallest absolute Gasteiger partial charge is 0.377 e. The minimum Gasteiger partial charge on any atom is -0.377 e. The molecule has 1 aromatic carbocycles. The highest BCUT2D eigenvalue weighted by Gasteiger charge is 2.41. The Labute approximate surface area is 124 Å². The summed E-state index contributed by atoms with van der Waals surface area (Å²) >= 11 is 5.81. The average Bonchev–Trinajstić information content (AvgIpc) is 2.38. The second-order valence-electron chi connectivity index (χ2n) is 5.15. The first-order valence-electron chi connectivity index (χ1n) is 6.54. The number of rotatable bonds is 3. The molecule has 1 aromatic rings. The first-order chi connectivity index (χ1) is 9.77. The van der Waals surface area contributed by atoms with Crippen LogP contribution >= 0.6 is 11.6 Å².